The van der Waals surface area contributed by atoms with Gasteiger partial charge < -0.3 is 9.84 Å². The van der Waals surface area contributed by atoms with Crippen molar-refractivity contribution in [2.24, 2.45) is 0 Å². The van der Waals surface area contributed by atoms with Crippen molar-refractivity contribution >= 4 is 11.4 Å². The monoisotopic (exact) mass is 511 g/mol. The fourth-order valence-electron chi connectivity index (χ4n) is 5.15. The Morgan fingerprint density at radius 2 is 1.76 bits per heavy atom. The van der Waals surface area contributed by atoms with Gasteiger partial charge in [-0.1, -0.05) is 30.3 Å². The van der Waals surface area contributed by atoms with Crippen LogP contribution in [-0.4, -0.2) is 23.0 Å². The number of benzene rings is 3. The molecule has 0 spiro atoms. The molecule has 0 unspecified atom stereocenters. The van der Waals surface area contributed by atoms with Gasteiger partial charge in [0.25, 0.3) is 0 Å². The van der Waals surface area contributed by atoms with Gasteiger partial charge in [-0.05, 0) is 83.1 Å². The van der Waals surface area contributed by atoms with Crippen molar-refractivity contribution in [1.82, 2.24) is 4.98 Å². The van der Waals surface area contributed by atoms with E-state index in [9.17, 15) is 18.7 Å². The third-order valence-electron chi connectivity index (χ3n) is 6.90. The second-order valence-electron chi connectivity index (χ2n) is 9.54. The molecule has 0 amide bonds. The molecule has 5 rings (SSSR count). The molecule has 0 saturated carbocycles. The molecule has 4 aromatic rings. The molecular weight excluding hydrogens is 484 g/mol. The number of phenolic OH excluding ortho intramolecular Hbond substituents is 1. The molecule has 6 heteroatoms. The maximum atomic E-state index is 14.0. The Bertz CT molecular complexity index is 1490. The van der Waals surface area contributed by atoms with E-state index in [0.717, 1.165) is 39.6 Å². The number of pyridine rings is 1. The van der Waals surface area contributed by atoms with E-state index in [1.165, 1.54) is 12.1 Å². The maximum Gasteiger partial charge on any atom is 0.137 e. The number of fused-ring (bicyclic) bond motifs is 1. The van der Waals surface area contributed by atoms with Gasteiger partial charge in [0.2, 0.25) is 0 Å². The molecule has 0 bridgehead atoms. The van der Waals surface area contributed by atoms with Gasteiger partial charge >= 0.3 is 0 Å². The smallest absolute Gasteiger partial charge is 0.137 e. The molecule has 3 aromatic carbocycles. The third-order valence-corrected chi connectivity index (χ3v) is 6.90. The molecule has 0 fully saturated rings. The quantitative estimate of drug-likeness (QED) is 0.261. The molecule has 1 aromatic heterocycles. The highest BCUT2D eigenvalue weighted by Gasteiger charge is 2.24. The van der Waals surface area contributed by atoms with E-state index in [-0.39, 0.29) is 30.8 Å². The Morgan fingerprint density at radius 3 is 2.50 bits per heavy atom. The highest BCUT2D eigenvalue weighted by Crippen LogP contribution is 2.36. The van der Waals surface area contributed by atoms with E-state index in [2.05, 4.69) is 4.98 Å². The van der Waals surface area contributed by atoms with Crippen LogP contribution in [-0.2, 0) is 17.6 Å². The van der Waals surface area contributed by atoms with Crippen LogP contribution >= 0.6 is 0 Å². The number of halogens is 2. The summed E-state index contributed by atoms with van der Waals surface area (Å²) in [5, 5.41) is 9.93. The van der Waals surface area contributed by atoms with E-state index in [4.69, 9.17) is 4.74 Å². The van der Waals surface area contributed by atoms with Gasteiger partial charge in [-0.2, -0.15) is 0 Å². The topological polar surface area (TPSA) is 59.4 Å². The van der Waals surface area contributed by atoms with Gasteiger partial charge in [-0.15, -0.1) is 0 Å². The predicted octanol–water partition coefficient (Wildman–Crippen LogP) is 7.06. The van der Waals surface area contributed by atoms with Crippen LogP contribution in [0.5, 0.6) is 11.5 Å². The molecule has 1 aliphatic rings. The minimum absolute atomic E-state index is 0.0133. The zero-order valence-corrected chi connectivity index (χ0v) is 21.0. The number of nitrogens with zero attached hydrogens (tertiary/aromatic N) is 1. The van der Waals surface area contributed by atoms with Crippen LogP contribution < -0.4 is 4.74 Å². The van der Waals surface area contributed by atoms with Gasteiger partial charge in [-0.3, -0.25) is 9.78 Å². The molecule has 1 aliphatic carbocycles. The molecule has 0 aliphatic heterocycles. The zero-order valence-electron chi connectivity index (χ0n) is 21.0. The lowest BCUT2D eigenvalue weighted by Crippen LogP contribution is -2.13. The van der Waals surface area contributed by atoms with Crippen LogP contribution in [0.25, 0.3) is 16.7 Å². The highest BCUT2D eigenvalue weighted by molar-refractivity contribution is 5.92. The Hall–Kier alpha value is -4.32. The first kappa shape index (κ1) is 25.3. The minimum atomic E-state index is -0.658. The molecular formula is C32H27F2NO3. The van der Waals surface area contributed by atoms with E-state index < -0.39 is 17.6 Å². The summed E-state index contributed by atoms with van der Waals surface area (Å²) in [5.41, 5.74) is 5.74. The van der Waals surface area contributed by atoms with Crippen molar-refractivity contribution in [3.63, 3.8) is 0 Å². The Balaban J connectivity index is 1.47. The number of allylic oxidation sites excluding steroid dienone is 2. The van der Waals surface area contributed by atoms with Crippen LogP contribution in [0.3, 0.4) is 0 Å². The lowest BCUT2D eigenvalue weighted by molar-refractivity contribution is -0.118. The average molecular weight is 512 g/mol. The number of aromatic hydroxyl groups is 1. The van der Waals surface area contributed by atoms with Crippen molar-refractivity contribution < 1.29 is 23.4 Å². The maximum absolute atomic E-state index is 14.0. The molecule has 192 valence electrons. The number of ketones is 1. The third kappa shape index (κ3) is 5.65. The van der Waals surface area contributed by atoms with E-state index >= 15 is 0 Å². The number of rotatable bonds is 9. The molecule has 0 saturated heterocycles. The zero-order chi connectivity index (χ0) is 26.6. The first-order valence-corrected chi connectivity index (χ1v) is 12.5. The number of carbonyl (C=O) groups excluding carboxylic acids is 1. The fraction of sp³-hybridized carbons (Fsp3) is 0.188. The Labute approximate surface area is 220 Å². The molecule has 0 radical (unpaired) electrons. The lowest BCUT2D eigenvalue weighted by Gasteiger charge is -2.20. The van der Waals surface area contributed by atoms with Gasteiger partial charge in [0, 0.05) is 36.6 Å². The SMILES string of the molecule is COc1ccc(-c2cccnc2[C@@H](CC(=O)CC2=CCc3ccc(O)cc32)Cc2cc(F)cc(F)c2)cc1. The normalized spacial score (nSPS) is 13.1. The van der Waals surface area contributed by atoms with Gasteiger partial charge in [0.05, 0.1) is 12.8 Å². The van der Waals surface area contributed by atoms with Crippen LogP contribution in [0.15, 0.2) is 85.1 Å². The number of aromatic nitrogens is 1. The van der Waals surface area contributed by atoms with Crippen molar-refractivity contribution in [1.29, 1.82) is 0 Å². The van der Waals surface area contributed by atoms with E-state index in [1.807, 2.05) is 48.5 Å². The fourth-order valence-corrected chi connectivity index (χ4v) is 5.15. The van der Waals surface area contributed by atoms with Crippen LogP contribution in [0, 0.1) is 11.6 Å². The number of ether oxygens (including phenoxy) is 1. The standard InChI is InChI=1S/C32H27F2NO3/c1-38-29-10-7-21(8-11-29)30-3-2-12-35-32(30)24(13-20-14-25(33)18-26(34)15-20)17-28(37)16-23-5-4-22-6-9-27(36)19-31(22)23/h2-3,5-12,14-15,18-19,24,36H,4,13,16-17H2,1H3/t24-/m1/s1. The average Bonchev–Trinajstić information content (AvgIpc) is 3.29. The number of hydrogen-bond donors (Lipinski definition) is 1. The van der Waals surface area contributed by atoms with Crippen LogP contribution in [0.2, 0.25) is 0 Å². The Morgan fingerprint density at radius 1 is 1.00 bits per heavy atom. The molecule has 38 heavy (non-hydrogen) atoms. The van der Waals surface area contributed by atoms with Gasteiger partial charge in [0.1, 0.15) is 28.9 Å². The minimum Gasteiger partial charge on any atom is -0.508 e. The Kier molecular flexibility index (Phi) is 7.31. The highest BCUT2D eigenvalue weighted by atomic mass is 19.1. The van der Waals surface area contributed by atoms with Crippen LogP contribution in [0.1, 0.15) is 41.1 Å². The number of carbonyl (C=O) groups is 1. The predicted molar refractivity (Wildman–Crippen MR) is 143 cm³/mol. The van der Waals surface area contributed by atoms with E-state index in [1.54, 1.807) is 25.4 Å². The van der Waals surface area contributed by atoms with Crippen molar-refractivity contribution in [2.75, 3.05) is 7.11 Å². The number of methoxy groups -OCH3 is 1. The summed E-state index contributed by atoms with van der Waals surface area (Å²) in [7, 11) is 1.60. The molecule has 1 N–H and O–H groups in total. The first-order chi connectivity index (χ1) is 18.4. The molecule has 1 atom stereocenters. The summed E-state index contributed by atoms with van der Waals surface area (Å²) in [6.07, 6.45) is 5.00. The van der Waals surface area contributed by atoms with Gasteiger partial charge in [0.15, 0.2) is 0 Å². The number of Topliss-reactive ketones (excluding diaryl/α,β-unsaturated/α-hetero) is 1. The van der Waals surface area contributed by atoms with Gasteiger partial charge in [-0.25, -0.2) is 8.78 Å². The van der Waals surface area contributed by atoms with Crippen molar-refractivity contribution in [3.05, 3.63) is 119 Å². The summed E-state index contributed by atoms with van der Waals surface area (Å²) in [4.78, 5) is 18.1. The second kappa shape index (κ2) is 11.0. The summed E-state index contributed by atoms with van der Waals surface area (Å²) >= 11 is 0. The van der Waals surface area contributed by atoms with Crippen molar-refractivity contribution in [2.45, 2.75) is 31.6 Å². The summed E-state index contributed by atoms with van der Waals surface area (Å²) in [6.45, 7) is 0. The largest absolute Gasteiger partial charge is 0.508 e. The number of phenols is 1. The molecule has 4 nitrogen and oxygen atoms in total. The first-order valence-electron chi connectivity index (χ1n) is 12.5. The number of hydrogen-bond acceptors (Lipinski definition) is 4. The lowest BCUT2D eigenvalue weighted by atomic mass is 9.85. The summed E-state index contributed by atoms with van der Waals surface area (Å²) < 4.78 is 33.4. The summed E-state index contributed by atoms with van der Waals surface area (Å²) in [5.74, 6) is -0.860. The van der Waals surface area contributed by atoms with E-state index in [0.29, 0.717) is 17.7 Å². The summed E-state index contributed by atoms with van der Waals surface area (Å²) in [6, 6.07) is 20.0. The molecule has 1 heterocycles. The van der Waals surface area contributed by atoms with Crippen molar-refractivity contribution in [3.8, 4) is 22.6 Å². The second-order valence-corrected chi connectivity index (χ2v) is 9.54. The van der Waals surface area contributed by atoms with Crippen LogP contribution in [0.4, 0.5) is 8.78 Å².